The Morgan fingerprint density at radius 3 is 1.98 bits per heavy atom. The summed E-state index contributed by atoms with van der Waals surface area (Å²) >= 11 is 0. The van der Waals surface area contributed by atoms with E-state index in [9.17, 15) is 9.59 Å². The number of rotatable bonds is 8. The fraction of sp³-hybridized carbons (Fsp3) is 0.708. The van der Waals surface area contributed by atoms with Gasteiger partial charge in [-0.2, -0.15) is 9.13 Å². The zero-order valence-corrected chi connectivity index (χ0v) is 35.4. The number of carbonyl (C=O) groups is 2. The van der Waals surface area contributed by atoms with Crippen LogP contribution in [-0.4, -0.2) is 24.6 Å². The van der Waals surface area contributed by atoms with E-state index in [0.717, 1.165) is 43.5 Å². The van der Waals surface area contributed by atoms with Crippen LogP contribution in [0.1, 0.15) is 128 Å². The van der Waals surface area contributed by atoms with Crippen LogP contribution in [0.5, 0.6) is 0 Å². The molecule has 294 valence electrons. The monoisotopic (exact) mass is 739 g/mol. The van der Waals surface area contributed by atoms with Gasteiger partial charge in [0, 0.05) is 48.9 Å². The molecule has 5 aliphatic carbocycles. The maximum atomic E-state index is 13.4. The first-order valence-corrected chi connectivity index (χ1v) is 21.3. The van der Waals surface area contributed by atoms with Crippen LogP contribution in [0.25, 0.3) is 0 Å². The van der Waals surface area contributed by atoms with Gasteiger partial charge in [-0.05, 0) is 142 Å². The smallest absolute Gasteiger partial charge is 0.372 e. The van der Waals surface area contributed by atoms with Crippen molar-refractivity contribution in [2.75, 3.05) is 6.61 Å². The molecule has 5 aliphatic rings. The van der Waals surface area contributed by atoms with Gasteiger partial charge in [-0.3, -0.25) is 0 Å². The number of carbonyl (C=O) groups excluding carboxylic acids is 2. The average Bonchev–Trinajstić information content (AvgIpc) is 3.48. The first kappa shape index (κ1) is 39.2. The van der Waals surface area contributed by atoms with E-state index in [1.807, 2.05) is 21.5 Å². The van der Waals surface area contributed by atoms with Crippen molar-refractivity contribution in [2.24, 2.45) is 56.7 Å². The van der Waals surface area contributed by atoms with Crippen molar-refractivity contribution < 1.29 is 28.2 Å². The van der Waals surface area contributed by atoms with Crippen LogP contribution >= 0.6 is 0 Å². The summed E-state index contributed by atoms with van der Waals surface area (Å²) in [5.41, 5.74) is 6.46. The van der Waals surface area contributed by atoms with Crippen LogP contribution in [0.2, 0.25) is 0 Å². The summed E-state index contributed by atoms with van der Waals surface area (Å²) < 4.78 is 16.8. The van der Waals surface area contributed by atoms with Crippen LogP contribution in [0.4, 0.5) is 0 Å². The zero-order chi connectivity index (χ0) is 39.0. The van der Waals surface area contributed by atoms with Gasteiger partial charge in [0.15, 0.2) is 23.8 Å². The fourth-order valence-electron chi connectivity index (χ4n) is 14.4. The lowest BCUT2D eigenvalue weighted by Crippen LogP contribution is -2.67. The van der Waals surface area contributed by atoms with Crippen LogP contribution in [0.3, 0.4) is 0 Å². The standard InChI is InChI=1S/C48H70N2O4/c1-31(2)36-14-21-48(30-53-41(51)28-49-24-17-32(3)26-34(49)5)23-22-46(10)37(43(36)48)12-13-39-45(9)19-16-40(44(7,8)38(45)15-20-47(39,46)11)54-42(52)29-50-25-18-33(4)27-35(50)6/h17-18,24-27,36-40,43H,1,12-16,19-23,28-30H2,2-11H3/q+2/t36?,37?,38?,39?,40-,43?,45-,46+,47+,48+/m0/s1. The molecule has 0 radical (unpaired) electrons. The Hall–Kier alpha value is -3.02. The highest BCUT2D eigenvalue weighted by Gasteiger charge is 2.71. The van der Waals surface area contributed by atoms with Crippen LogP contribution in [0, 0.1) is 84.4 Å². The summed E-state index contributed by atoms with van der Waals surface area (Å²) in [6, 6.07) is 8.37. The summed E-state index contributed by atoms with van der Waals surface area (Å²) in [5.74, 6) is 2.48. The number of fused-ring (bicyclic) bond motifs is 7. The van der Waals surface area contributed by atoms with Crippen molar-refractivity contribution in [3.8, 4) is 0 Å². The molecular formula is C48H70N2O4+2. The number of esters is 2. The first-order chi connectivity index (χ1) is 25.3. The van der Waals surface area contributed by atoms with Gasteiger partial charge in [-0.25, -0.2) is 9.59 Å². The third-order valence-electron chi connectivity index (χ3n) is 17.4. The quantitative estimate of drug-likeness (QED) is 0.154. The lowest BCUT2D eigenvalue weighted by Gasteiger charge is -2.73. The Balaban J connectivity index is 1.09. The summed E-state index contributed by atoms with van der Waals surface area (Å²) in [4.78, 5) is 26.8. The number of nitrogens with zero attached hydrogens (tertiary/aromatic N) is 2. The lowest BCUT2D eigenvalue weighted by molar-refractivity contribution is -0.692. The Bertz CT molecular complexity index is 1820. The number of pyridine rings is 2. The molecule has 7 rings (SSSR count). The summed E-state index contributed by atoms with van der Waals surface area (Å²) in [5, 5.41) is 0. The van der Waals surface area contributed by atoms with Gasteiger partial charge in [0.25, 0.3) is 0 Å². The number of hydrogen-bond acceptors (Lipinski definition) is 4. The molecule has 10 atom stereocenters. The summed E-state index contributed by atoms with van der Waals surface area (Å²) in [6.07, 6.45) is 15.5. The van der Waals surface area contributed by atoms with E-state index in [-0.39, 0.29) is 58.2 Å². The van der Waals surface area contributed by atoms with Crippen molar-refractivity contribution in [3.63, 3.8) is 0 Å². The molecule has 6 nitrogen and oxygen atoms in total. The number of allylic oxidation sites excluding steroid dienone is 1. The molecule has 0 aromatic carbocycles. The molecule has 0 spiro atoms. The number of ether oxygens (including phenoxy) is 2. The number of aryl methyl sites for hydroxylation is 4. The summed E-state index contributed by atoms with van der Waals surface area (Å²) in [6.45, 7) is 29.0. The molecule has 5 fully saturated rings. The van der Waals surface area contributed by atoms with E-state index < -0.39 is 0 Å². The molecule has 5 saturated carbocycles. The van der Waals surface area contributed by atoms with Crippen molar-refractivity contribution >= 4 is 11.9 Å². The molecule has 6 heteroatoms. The van der Waals surface area contributed by atoms with E-state index >= 15 is 0 Å². The van der Waals surface area contributed by atoms with Crippen molar-refractivity contribution in [2.45, 2.75) is 153 Å². The minimum absolute atomic E-state index is 0.0279. The lowest BCUT2D eigenvalue weighted by atomic mass is 9.32. The Morgan fingerprint density at radius 2 is 1.37 bits per heavy atom. The minimum Gasteiger partial charge on any atom is -0.460 e. The molecule has 5 unspecified atom stereocenters. The Kier molecular flexibility index (Phi) is 10.1. The van der Waals surface area contributed by atoms with Gasteiger partial charge in [0.2, 0.25) is 13.1 Å². The van der Waals surface area contributed by atoms with Crippen LogP contribution in [-0.2, 0) is 32.2 Å². The van der Waals surface area contributed by atoms with E-state index in [1.165, 1.54) is 48.8 Å². The second kappa shape index (κ2) is 13.9. The highest BCUT2D eigenvalue weighted by Crippen LogP contribution is 2.77. The Labute approximate surface area is 326 Å². The first-order valence-electron chi connectivity index (χ1n) is 21.3. The molecule has 0 aliphatic heterocycles. The largest absolute Gasteiger partial charge is 0.460 e. The van der Waals surface area contributed by atoms with Crippen LogP contribution in [0.15, 0.2) is 48.8 Å². The topological polar surface area (TPSA) is 60.4 Å². The highest BCUT2D eigenvalue weighted by atomic mass is 16.5. The zero-order valence-electron chi connectivity index (χ0n) is 35.4. The molecule has 54 heavy (non-hydrogen) atoms. The molecule has 2 heterocycles. The van der Waals surface area contributed by atoms with Gasteiger partial charge < -0.3 is 9.47 Å². The van der Waals surface area contributed by atoms with Gasteiger partial charge in [-0.1, -0.05) is 46.8 Å². The van der Waals surface area contributed by atoms with Gasteiger partial charge >= 0.3 is 11.9 Å². The van der Waals surface area contributed by atoms with E-state index in [4.69, 9.17) is 9.47 Å². The van der Waals surface area contributed by atoms with Gasteiger partial charge in [0.05, 0.1) is 6.61 Å². The van der Waals surface area contributed by atoms with Crippen molar-refractivity contribution in [1.29, 1.82) is 0 Å². The van der Waals surface area contributed by atoms with Crippen molar-refractivity contribution in [1.82, 2.24) is 0 Å². The molecule has 2 aromatic rings. The van der Waals surface area contributed by atoms with Gasteiger partial charge in [0.1, 0.15) is 6.10 Å². The molecule has 2 aromatic heterocycles. The molecule has 0 saturated heterocycles. The van der Waals surface area contributed by atoms with Crippen molar-refractivity contribution in [3.05, 3.63) is 71.3 Å². The summed E-state index contributed by atoms with van der Waals surface area (Å²) in [7, 11) is 0. The third-order valence-corrected chi connectivity index (χ3v) is 17.4. The second-order valence-electron chi connectivity index (χ2n) is 20.5. The van der Waals surface area contributed by atoms with E-state index in [2.05, 4.69) is 100 Å². The SMILES string of the molecule is C=C(C)C1CC[C@]2(COC(=O)C[n+]3ccc(C)cc3C)CC[C@]3(C)C(CCC4[C@@]5(C)CC[C@H](OC(=O)C[n+]6ccc(C)cc6C)C(C)(C)C5CC[C@]43C)C12. The maximum Gasteiger partial charge on any atom is 0.372 e. The average molecular weight is 739 g/mol. The number of aromatic nitrogens is 2. The Morgan fingerprint density at radius 1 is 0.741 bits per heavy atom. The maximum absolute atomic E-state index is 13.4. The highest BCUT2D eigenvalue weighted by molar-refractivity contribution is 5.68. The minimum atomic E-state index is -0.123. The van der Waals surface area contributed by atoms with Gasteiger partial charge in [-0.15, -0.1) is 0 Å². The van der Waals surface area contributed by atoms with Crippen LogP contribution < -0.4 is 9.13 Å². The normalized spacial score (nSPS) is 38.0. The third kappa shape index (κ3) is 6.28. The molecular weight excluding hydrogens is 669 g/mol. The molecule has 0 bridgehead atoms. The fourth-order valence-corrected chi connectivity index (χ4v) is 14.4. The predicted octanol–water partition coefficient (Wildman–Crippen LogP) is 9.31. The number of hydrogen-bond donors (Lipinski definition) is 0. The second-order valence-corrected chi connectivity index (χ2v) is 20.5. The molecule has 0 N–H and O–H groups in total. The van der Waals surface area contributed by atoms with E-state index in [1.54, 1.807) is 0 Å². The van der Waals surface area contributed by atoms with E-state index in [0.29, 0.717) is 36.2 Å². The predicted molar refractivity (Wildman–Crippen MR) is 212 cm³/mol. The molecule has 0 amide bonds.